The van der Waals surface area contributed by atoms with Crippen molar-refractivity contribution in [2.75, 3.05) is 5.32 Å². The van der Waals surface area contributed by atoms with Crippen molar-refractivity contribution < 1.29 is 9.59 Å². The van der Waals surface area contributed by atoms with Crippen LogP contribution < -0.4 is 5.32 Å². The summed E-state index contributed by atoms with van der Waals surface area (Å²) in [6, 6.07) is 3.37. The Balaban J connectivity index is 2.46. The topological polar surface area (TPSA) is 46.2 Å². The molecule has 16 heavy (non-hydrogen) atoms. The zero-order chi connectivity index (χ0) is 11.9. The second-order valence-corrected chi connectivity index (χ2v) is 4.64. The average molecular weight is 238 g/mol. The van der Waals surface area contributed by atoms with E-state index in [0.29, 0.717) is 17.0 Å². The van der Waals surface area contributed by atoms with E-state index in [1.165, 1.54) is 0 Å². The fourth-order valence-corrected chi connectivity index (χ4v) is 2.00. The Morgan fingerprint density at radius 2 is 2.12 bits per heavy atom. The van der Waals surface area contributed by atoms with E-state index in [0.717, 1.165) is 11.3 Å². The van der Waals surface area contributed by atoms with Gasteiger partial charge in [0.2, 0.25) is 5.91 Å². The number of carbonyl (C=O) groups excluding carboxylic acids is 2. The highest BCUT2D eigenvalue weighted by Gasteiger charge is 2.22. The van der Waals surface area contributed by atoms with E-state index in [1.54, 1.807) is 12.1 Å². The van der Waals surface area contributed by atoms with Crippen LogP contribution in [-0.4, -0.2) is 11.7 Å². The number of fused-ring (bicyclic) bond motifs is 1. The van der Waals surface area contributed by atoms with Gasteiger partial charge < -0.3 is 5.32 Å². The van der Waals surface area contributed by atoms with Crippen molar-refractivity contribution in [3.8, 4) is 0 Å². The predicted octanol–water partition coefficient (Wildman–Crippen LogP) is 2.67. The molecule has 0 atom stereocenters. The first-order valence-electron chi connectivity index (χ1n) is 5.15. The normalized spacial score (nSPS) is 13.9. The number of amides is 1. The minimum Gasteiger partial charge on any atom is -0.325 e. The Hall–Kier alpha value is -1.35. The molecule has 4 heteroatoms. The first-order valence-corrected chi connectivity index (χ1v) is 5.53. The molecule has 1 aromatic carbocycles. The molecule has 0 aromatic heterocycles. The molecule has 0 saturated heterocycles. The minimum absolute atomic E-state index is 0.00662. The molecule has 84 valence electrons. The van der Waals surface area contributed by atoms with Crippen LogP contribution in [0, 0.1) is 5.92 Å². The molecule has 1 aromatic rings. The van der Waals surface area contributed by atoms with E-state index in [1.807, 2.05) is 13.8 Å². The maximum absolute atomic E-state index is 11.9. The molecular weight excluding hydrogens is 226 g/mol. The van der Waals surface area contributed by atoms with Crippen molar-refractivity contribution in [2.24, 2.45) is 5.92 Å². The van der Waals surface area contributed by atoms with E-state index in [4.69, 9.17) is 11.6 Å². The molecule has 0 fully saturated rings. The first kappa shape index (κ1) is 11.1. The summed E-state index contributed by atoms with van der Waals surface area (Å²) in [6.07, 6.45) is 0.324. The first-order chi connectivity index (χ1) is 7.49. The summed E-state index contributed by atoms with van der Waals surface area (Å²) in [5, 5.41) is 3.10. The van der Waals surface area contributed by atoms with Gasteiger partial charge >= 0.3 is 0 Å². The molecule has 0 bridgehead atoms. The van der Waals surface area contributed by atoms with Gasteiger partial charge in [0.25, 0.3) is 0 Å². The number of anilines is 1. The second-order valence-electron chi connectivity index (χ2n) is 4.23. The number of hydrogen-bond donors (Lipinski definition) is 1. The Morgan fingerprint density at radius 3 is 2.75 bits per heavy atom. The molecule has 0 saturated carbocycles. The van der Waals surface area contributed by atoms with Crippen molar-refractivity contribution in [1.29, 1.82) is 0 Å². The Bertz CT molecular complexity index is 480. The van der Waals surface area contributed by atoms with Gasteiger partial charge in [-0.05, 0) is 17.7 Å². The highest BCUT2D eigenvalue weighted by molar-refractivity contribution is 6.34. The fraction of sp³-hybridized carbons (Fsp3) is 0.333. The van der Waals surface area contributed by atoms with Crippen LogP contribution in [0.15, 0.2) is 12.1 Å². The predicted molar refractivity (Wildman–Crippen MR) is 63.0 cm³/mol. The molecule has 0 unspecified atom stereocenters. The van der Waals surface area contributed by atoms with Gasteiger partial charge in [0, 0.05) is 17.2 Å². The fourth-order valence-electron chi connectivity index (χ4n) is 1.75. The van der Waals surface area contributed by atoms with E-state index in [9.17, 15) is 9.59 Å². The lowest BCUT2D eigenvalue weighted by molar-refractivity contribution is -0.115. The highest BCUT2D eigenvalue weighted by atomic mass is 35.5. The van der Waals surface area contributed by atoms with Crippen LogP contribution in [0.5, 0.6) is 0 Å². The summed E-state index contributed by atoms with van der Waals surface area (Å²) in [4.78, 5) is 23.0. The zero-order valence-corrected chi connectivity index (χ0v) is 9.89. The maximum Gasteiger partial charge on any atom is 0.228 e. The van der Waals surface area contributed by atoms with E-state index in [-0.39, 0.29) is 17.6 Å². The highest BCUT2D eigenvalue weighted by Crippen LogP contribution is 2.30. The standard InChI is InChI=1S/C12H12ClNO2/c1-6(2)12(16)8-3-7-4-11(15)14-10(7)5-9(8)13/h3,5-6H,4H2,1-2H3,(H,14,15). The van der Waals surface area contributed by atoms with Crippen molar-refractivity contribution in [3.05, 3.63) is 28.3 Å². The lowest BCUT2D eigenvalue weighted by Crippen LogP contribution is -2.08. The van der Waals surface area contributed by atoms with Crippen LogP contribution >= 0.6 is 11.6 Å². The molecule has 1 N–H and O–H groups in total. The largest absolute Gasteiger partial charge is 0.325 e. The average Bonchev–Trinajstić information content (AvgIpc) is 2.54. The molecule has 1 aliphatic rings. The van der Waals surface area contributed by atoms with Gasteiger partial charge in [-0.1, -0.05) is 25.4 Å². The number of carbonyl (C=O) groups is 2. The number of Topliss-reactive ketones (excluding diaryl/α,β-unsaturated/α-hetero) is 1. The molecule has 1 aliphatic heterocycles. The lowest BCUT2D eigenvalue weighted by Gasteiger charge is -2.08. The summed E-state index contributed by atoms with van der Waals surface area (Å²) in [5.41, 5.74) is 2.07. The second kappa shape index (κ2) is 3.91. The number of rotatable bonds is 2. The van der Waals surface area contributed by atoms with E-state index >= 15 is 0 Å². The van der Waals surface area contributed by atoms with Crippen LogP contribution in [0.3, 0.4) is 0 Å². The monoisotopic (exact) mass is 237 g/mol. The molecule has 0 spiro atoms. The van der Waals surface area contributed by atoms with Crippen LogP contribution in [0.2, 0.25) is 5.02 Å². The Morgan fingerprint density at radius 1 is 1.44 bits per heavy atom. The van der Waals surface area contributed by atoms with Crippen molar-refractivity contribution >= 4 is 29.0 Å². The summed E-state index contributed by atoms with van der Waals surface area (Å²) >= 11 is 6.02. The zero-order valence-electron chi connectivity index (χ0n) is 9.13. The van der Waals surface area contributed by atoms with Gasteiger partial charge in [-0.15, -0.1) is 0 Å². The molecule has 3 nitrogen and oxygen atoms in total. The number of hydrogen-bond acceptors (Lipinski definition) is 2. The third-order valence-corrected chi connectivity index (χ3v) is 2.92. The van der Waals surface area contributed by atoms with Crippen LogP contribution in [0.4, 0.5) is 5.69 Å². The van der Waals surface area contributed by atoms with Gasteiger partial charge in [0.1, 0.15) is 0 Å². The third-order valence-electron chi connectivity index (χ3n) is 2.61. The van der Waals surface area contributed by atoms with Crippen molar-refractivity contribution in [1.82, 2.24) is 0 Å². The van der Waals surface area contributed by atoms with Gasteiger partial charge in [0.05, 0.1) is 11.4 Å². The number of nitrogens with one attached hydrogen (secondary N) is 1. The van der Waals surface area contributed by atoms with Crippen molar-refractivity contribution in [2.45, 2.75) is 20.3 Å². The van der Waals surface area contributed by atoms with Gasteiger partial charge in [-0.2, -0.15) is 0 Å². The summed E-state index contributed by atoms with van der Waals surface area (Å²) in [6.45, 7) is 3.66. The maximum atomic E-state index is 11.9. The van der Waals surface area contributed by atoms with Gasteiger partial charge in [-0.3, -0.25) is 9.59 Å². The summed E-state index contributed by atoms with van der Waals surface area (Å²) in [7, 11) is 0. The molecule has 1 amide bonds. The number of benzene rings is 1. The third kappa shape index (κ3) is 1.83. The van der Waals surface area contributed by atoms with Gasteiger partial charge in [-0.25, -0.2) is 0 Å². The molecule has 0 aliphatic carbocycles. The van der Waals surface area contributed by atoms with Crippen LogP contribution in [0.1, 0.15) is 29.8 Å². The molecule has 1 heterocycles. The van der Waals surface area contributed by atoms with Gasteiger partial charge in [0.15, 0.2) is 5.78 Å². The minimum atomic E-state index is -0.0967. The molecule has 0 radical (unpaired) electrons. The Kier molecular flexibility index (Phi) is 2.72. The Labute approximate surface area is 98.8 Å². The van der Waals surface area contributed by atoms with Crippen LogP contribution in [-0.2, 0) is 11.2 Å². The van der Waals surface area contributed by atoms with Crippen molar-refractivity contribution in [3.63, 3.8) is 0 Å². The summed E-state index contributed by atoms with van der Waals surface area (Å²) in [5.74, 6) is -0.145. The van der Waals surface area contributed by atoms with E-state index < -0.39 is 0 Å². The smallest absolute Gasteiger partial charge is 0.228 e. The SMILES string of the molecule is CC(C)C(=O)c1cc2c(cc1Cl)NC(=O)C2. The molecule has 2 rings (SSSR count). The number of ketones is 1. The number of halogens is 1. The quantitative estimate of drug-likeness (QED) is 0.804. The van der Waals surface area contributed by atoms with Crippen LogP contribution in [0.25, 0.3) is 0 Å². The molecular formula is C12H12ClNO2. The summed E-state index contributed by atoms with van der Waals surface area (Å²) < 4.78 is 0. The lowest BCUT2D eigenvalue weighted by atomic mass is 9.98. The van der Waals surface area contributed by atoms with E-state index in [2.05, 4.69) is 5.32 Å².